The Morgan fingerprint density at radius 3 is 1.75 bits per heavy atom. The lowest BCUT2D eigenvalue weighted by atomic mass is 9.69. The van der Waals surface area contributed by atoms with Gasteiger partial charge in [0.05, 0.1) is 0 Å². The molecule has 2 aliphatic carbocycles. The summed E-state index contributed by atoms with van der Waals surface area (Å²) in [6.07, 6.45) is 16.0. The van der Waals surface area contributed by atoms with Gasteiger partial charge in [0.25, 0.3) is 0 Å². The van der Waals surface area contributed by atoms with Gasteiger partial charge in [-0.05, 0) is 68.6 Å². The molecule has 0 aromatic carbocycles. The second kappa shape index (κ2) is 9.07. The summed E-state index contributed by atoms with van der Waals surface area (Å²) in [4.78, 5) is 0. The molecular weight excluding hydrogens is 244 g/mol. The monoisotopic (exact) mass is 280 g/mol. The summed E-state index contributed by atoms with van der Waals surface area (Å²) in [7, 11) is 0. The molecular formula is C19H36O. The molecule has 1 heteroatoms. The first-order valence-corrected chi connectivity index (χ1v) is 9.41. The van der Waals surface area contributed by atoms with Crippen LogP contribution in [-0.4, -0.2) is 13.2 Å². The van der Waals surface area contributed by atoms with E-state index in [-0.39, 0.29) is 0 Å². The fourth-order valence-electron chi connectivity index (χ4n) is 4.58. The van der Waals surface area contributed by atoms with Crippen molar-refractivity contribution in [2.45, 2.75) is 84.5 Å². The molecule has 0 heterocycles. The SMILES string of the molecule is CCCOCC1CCC(C2CCC(CCC)CC2)CC1. The Labute approximate surface area is 126 Å². The minimum absolute atomic E-state index is 0.870. The lowest BCUT2D eigenvalue weighted by Gasteiger charge is -2.37. The predicted molar refractivity (Wildman–Crippen MR) is 86.9 cm³/mol. The summed E-state index contributed by atoms with van der Waals surface area (Å²) in [6.45, 7) is 6.53. The molecule has 118 valence electrons. The Bertz CT molecular complexity index is 234. The molecule has 0 amide bonds. The first kappa shape index (κ1) is 16.3. The summed E-state index contributed by atoms with van der Waals surface area (Å²) in [5, 5.41) is 0. The van der Waals surface area contributed by atoms with Gasteiger partial charge in [-0.1, -0.05) is 39.5 Å². The Morgan fingerprint density at radius 2 is 1.25 bits per heavy atom. The zero-order valence-corrected chi connectivity index (χ0v) is 13.9. The average Bonchev–Trinajstić information content (AvgIpc) is 2.49. The Kier molecular flexibility index (Phi) is 7.41. The zero-order valence-electron chi connectivity index (χ0n) is 13.9. The van der Waals surface area contributed by atoms with Gasteiger partial charge in [0, 0.05) is 13.2 Å². The maximum Gasteiger partial charge on any atom is 0.0494 e. The average molecular weight is 280 g/mol. The van der Waals surface area contributed by atoms with Gasteiger partial charge in [0.1, 0.15) is 0 Å². The van der Waals surface area contributed by atoms with Gasteiger partial charge in [0.15, 0.2) is 0 Å². The molecule has 2 rings (SSSR count). The minimum Gasteiger partial charge on any atom is -0.381 e. The summed E-state index contributed by atoms with van der Waals surface area (Å²) in [6, 6.07) is 0. The Morgan fingerprint density at radius 1 is 0.700 bits per heavy atom. The smallest absolute Gasteiger partial charge is 0.0494 e. The van der Waals surface area contributed by atoms with E-state index in [1.54, 1.807) is 0 Å². The second-order valence-electron chi connectivity index (χ2n) is 7.43. The number of rotatable bonds is 7. The van der Waals surface area contributed by atoms with Crippen molar-refractivity contribution in [3.8, 4) is 0 Å². The normalized spacial score (nSPS) is 35.1. The summed E-state index contributed by atoms with van der Waals surface area (Å²) < 4.78 is 5.74. The molecule has 2 fully saturated rings. The quantitative estimate of drug-likeness (QED) is 0.533. The zero-order chi connectivity index (χ0) is 14.2. The molecule has 0 aromatic rings. The third kappa shape index (κ3) is 5.06. The molecule has 0 spiro atoms. The van der Waals surface area contributed by atoms with Gasteiger partial charge in [-0.25, -0.2) is 0 Å². The molecule has 0 saturated heterocycles. The molecule has 2 saturated carbocycles. The van der Waals surface area contributed by atoms with Gasteiger partial charge < -0.3 is 4.74 Å². The first-order chi connectivity index (χ1) is 9.83. The molecule has 0 unspecified atom stereocenters. The lowest BCUT2D eigenvalue weighted by molar-refractivity contribution is 0.0649. The fourth-order valence-corrected chi connectivity index (χ4v) is 4.58. The van der Waals surface area contributed by atoms with E-state index in [9.17, 15) is 0 Å². The van der Waals surface area contributed by atoms with Gasteiger partial charge in [-0.3, -0.25) is 0 Å². The molecule has 20 heavy (non-hydrogen) atoms. The highest BCUT2D eigenvalue weighted by molar-refractivity contribution is 4.82. The summed E-state index contributed by atoms with van der Waals surface area (Å²) in [5.74, 6) is 4.06. The largest absolute Gasteiger partial charge is 0.381 e. The highest BCUT2D eigenvalue weighted by Crippen LogP contribution is 2.42. The first-order valence-electron chi connectivity index (χ1n) is 9.41. The second-order valence-corrected chi connectivity index (χ2v) is 7.43. The van der Waals surface area contributed by atoms with Crippen LogP contribution in [0, 0.1) is 23.7 Å². The van der Waals surface area contributed by atoms with Gasteiger partial charge >= 0.3 is 0 Å². The van der Waals surface area contributed by atoms with Crippen molar-refractivity contribution in [3.05, 3.63) is 0 Å². The van der Waals surface area contributed by atoms with Crippen LogP contribution in [-0.2, 0) is 4.74 Å². The maximum atomic E-state index is 5.74. The van der Waals surface area contributed by atoms with Crippen LogP contribution in [0.15, 0.2) is 0 Å². The summed E-state index contributed by atoms with van der Waals surface area (Å²) in [5.41, 5.74) is 0. The number of hydrogen-bond donors (Lipinski definition) is 0. The van der Waals surface area contributed by atoms with Gasteiger partial charge in [0.2, 0.25) is 0 Å². The van der Waals surface area contributed by atoms with E-state index in [0.29, 0.717) is 0 Å². The van der Waals surface area contributed by atoms with E-state index in [2.05, 4.69) is 13.8 Å². The van der Waals surface area contributed by atoms with E-state index < -0.39 is 0 Å². The van der Waals surface area contributed by atoms with Crippen molar-refractivity contribution >= 4 is 0 Å². The van der Waals surface area contributed by atoms with Crippen LogP contribution < -0.4 is 0 Å². The van der Waals surface area contributed by atoms with E-state index in [0.717, 1.165) is 43.3 Å². The van der Waals surface area contributed by atoms with Crippen LogP contribution in [0.3, 0.4) is 0 Å². The van der Waals surface area contributed by atoms with Gasteiger partial charge in [-0.2, -0.15) is 0 Å². The molecule has 0 N–H and O–H groups in total. The van der Waals surface area contributed by atoms with Crippen LogP contribution in [0.4, 0.5) is 0 Å². The van der Waals surface area contributed by atoms with E-state index in [4.69, 9.17) is 4.74 Å². The Balaban J connectivity index is 1.62. The molecule has 0 aliphatic heterocycles. The fraction of sp³-hybridized carbons (Fsp3) is 1.00. The van der Waals surface area contributed by atoms with Crippen molar-refractivity contribution in [2.24, 2.45) is 23.7 Å². The Hall–Kier alpha value is -0.0400. The topological polar surface area (TPSA) is 9.23 Å². The summed E-state index contributed by atoms with van der Waals surface area (Å²) >= 11 is 0. The van der Waals surface area contributed by atoms with Crippen molar-refractivity contribution in [2.75, 3.05) is 13.2 Å². The molecule has 0 radical (unpaired) electrons. The standard InChI is InChI=1S/C19H36O/c1-3-5-16-6-10-18(11-7-16)19-12-8-17(9-13-19)15-20-14-4-2/h16-19H,3-15H2,1-2H3. The third-order valence-corrected chi connectivity index (χ3v) is 5.85. The van der Waals surface area contributed by atoms with Crippen LogP contribution in [0.25, 0.3) is 0 Å². The maximum absolute atomic E-state index is 5.74. The minimum atomic E-state index is 0.870. The van der Waals surface area contributed by atoms with Gasteiger partial charge in [-0.15, -0.1) is 0 Å². The number of ether oxygens (including phenoxy) is 1. The van der Waals surface area contributed by atoms with Crippen molar-refractivity contribution in [1.82, 2.24) is 0 Å². The van der Waals surface area contributed by atoms with E-state index in [1.165, 1.54) is 64.2 Å². The highest BCUT2D eigenvalue weighted by Gasteiger charge is 2.30. The van der Waals surface area contributed by atoms with E-state index >= 15 is 0 Å². The van der Waals surface area contributed by atoms with Crippen molar-refractivity contribution in [1.29, 1.82) is 0 Å². The van der Waals surface area contributed by atoms with Crippen molar-refractivity contribution < 1.29 is 4.74 Å². The van der Waals surface area contributed by atoms with E-state index in [1.807, 2.05) is 0 Å². The van der Waals surface area contributed by atoms with Crippen LogP contribution in [0.2, 0.25) is 0 Å². The molecule has 0 aromatic heterocycles. The van der Waals surface area contributed by atoms with Crippen LogP contribution in [0.5, 0.6) is 0 Å². The molecule has 1 nitrogen and oxygen atoms in total. The van der Waals surface area contributed by atoms with Crippen LogP contribution >= 0.6 is 0 Å². The third-order valence-electron chi connectivity index (χ3n) is 5.85. The molecule has 0 atom stereocenters. The molecule has 0 bridgehead atoms. The predicted octanol–water partition coefficient (Wildman–Crippen LogP) is 5.83. The highest BCUT2D eigenvalue weighted by atomic mass is 16.5. The lowest BCUT2D eigenvalue weighted by Crippen LogP contribution is -2.27. The number of hydrogen-bond acceptors (Lipinski definition) is 1. The van der Waals surface area contributed by atoms with Crippen molar-refractivity contribution in [3.63, 3.8) is 0 Å². The van der Waals surface area contributed by atoms with Crippen LogP contribution in [0.1, 0.15) is 84.5 Å². The molecule has 2 aliphatic rings.